The molecule has 0 aliphatic heterocycles. The fourth-order valence-corrected chi connectivity index (χ4v) is 2.98. The van der Waals surface area contributed by atoms with Crippen LogP contribution in [0.5, 0.6) is 0 Å². The number of hydrogen-bond donors (Lipinski definition) is 1. The normalized spacial score (nSPS) is 12.9. The van der Waals surface area contributed by atoms with Gasteiger partial charge in [0, 0.05) is 0 Å². The number of rotatable bonds is 3. The van der Waals surface area contributed by atoms with Crippen LogP contribution in [0.2, 0.25) is 5.32 Å². The summed E-state index contributed by atoms with van der Waals surface area (Å²) in [5.41, 5.74) is 1.10. The molecule has 1 aromatic rings. The van der Waals surface area contributed by atoms with E-state index in [0.717, 1.165) is 5.56 Å². The Kier molecular flexibility index (Phi) is 3.80. The summed E-state index contributed by atoms with van der Waals surface area (Å²) in [5.74, 6) is 0. The van der Waals surface area contributed by atoms with E-state index in [4.69, 9.17) is 0 Å². The van der Waals surface area contributed by atoms with Gasteiger partial charge < -0.3 is 0 Å². The molecule has 2 heteroatoms. The summed E-state index contributed by atoms with van der Waals surface area (Å²) < 4.78 is 1.34. The molecule has 0 aliphatic carbocycles. The molecule has 0 saturated heterocycles. The molecule has 0 spiro atoms. The molecule has 1 atom stereocenters. The van der Waals surface area contributed by atoms with Gasteiger partial charge in [-0.3, -0.25) is 0 Å². The first kappa shape index (κ1) is 9.78. The summed E-state index contributed by atoms with van der Waals surface area (Å²) in [6.07, 6.45) is -0.324. The van der Waals surface area contributed by atoms with Crippen LogP contribution in [-0.4, -0.2) is 20.1 Å². The molecule has 0 saturated carbocycles. The Balaban J connectivity index is 2.92. The minimum atomic E-state index is -0.324. The quantitative estimate of drug-likeness (QED) is 0.779. The van der Waals surface area contributed by atoms with Gasteiger partial charge >= 0.3 is 79.6 Å². The molecule has 0 aliphatic rings. The van der Waals surface area contributed by atoms with Crippen LogP contribution in [0.1, 0.15) is 25.5 Å². The van der Waals surface area contributed by atoms with Crippen molar-refractivity contribution in [2.24, 2.45) is 0 Å². The molecular formula is C10H14OSe. The summed E-state index contributed by atoms with van der Waals surface area (Å²) >= 11 is 0.521. The molecular weight excluding hydrogens is 215 g/mol. The Morgan fingerprint density at radius 2 is 2.08 bits per heavy atom. The van der Waals surface area contributed by atoms with Crippen LogP contribution in [0.15, 0.2) is 24.3 Å². The van der Waals surface area contributed by atoms with E-state index < -0.39 is 0 Å². The van der Waals surface area contributed by atoms with Gasteiger partial charge in [0.15, 0.2) is 0 Å². The van der Waals surface area contributed by atoms with Gasteiger partial charge in [-0.1, -0.05) is 0 Å². The van der Waals surface area contributed by atoms with Crippen LogP contribution in [-0.2, 0) is 0 Å². The summed E-state index contributed by atoms with van der Waals surface area (Å²) in [4.78, 5) is 0. The molecule has 66 valence electrons. The standard InChI is InChI=1S/C10H14OSe/c1-3-12-10-7-5-4-6-9(10)8(2)11/h4-8,11H,3H2,1-2H3/t8-/m1/s1. The molecule has 0 heterocycles. The van der Waals surface area contributed by atoms with Gasteiger partial charge in [0.25, 0.3) is 0 Å². The average Bonchev–Trinajstić information content (AvgIpc) is 2.05. The summed E-state index contributed by atoms with van der Waals surface area (Å²) in [7, 11) is 0. The Labute approximate surface area is 80.0 Å². The van der Waals surface area contributed by atoms with Crippen molar-refractivity contribution in [3.63, 3.8) is 0 Å². The molecule has 1 rings (SSSR count). The molecule has 0 bridgehead atoms. The van der Waals surface area contributed by atoms with Crippen molar-refractivity contribution < 1.29 is 5.11 Å². The number of aliphatic hydroxyl groups excluding tert-OH is 1. The van der Waals surface area contributed by atoms with Crippen LogP contribution in [0.3, 0.4) is 0 Å². The van der Waals surface area contributed by atoms with Crippen LogP contribution in [0.25, 0.3) is 0 Å². The molecule has 12 heavy (non-hydrogen) atoms. The van der Waals surface area contributed by atoms with Gasteiger partial charge in [-0.25, -0.2) is 0 Å². The zero-order valence-corrected chi connectivity index (χ0v) is 9.16. The van der Waals surface area contributed by atoms with Crippen LogP contribution >= 0.6 is 0 Å². The Morgan fingerprint density at radius 3 is 2.67 bits per heavy atom. The van der Waals surface area contributed by atoms with E-state index >= 15 is 0 Å². The van der Waals surface area contributed by atoms with E-state index in [1.165, 1.54) is 9.78 Å². The van der Waals surface area contributed by atoms with E-state index in [2.05, 4.69) is 13.0 Å². The topological polar surface area (TPSA) is 20.2 Å². The third kappa shape index (κ3) is 2.34. The predicted molar refractivity (Wildman–Crippen MR) is 52.9 cm³/mol. The Hall–Kier alpha value is -0.301. The average molecular weight is 229 g/mol. The first-order valence-electron chi connectivity index (χ1n) is 4.15. The fourth-order valence-electron chi connectivity index (χ4n) is 1.11. The van der Waals surface area contributed by atoms with Crippen molar-refractivity contribution in [1.82, 2.24) is 0 Å². The maximum atomic E-state index is 9.44. The van der Waals surface area contributed by atoms with Gasteiger partial charge in [0.1, 0.15) is 0 Å². The zero-order valence-electron chi connectivity index (χ0n) is 7.45. The van der Waals surface area contributed by atoms with E-state index in [-0.39, 0.29) is 6.10 Å². The molecule has 1 aromatic carbocycles. The van der Waals surface area contributed by atoms with E-state index in [1.807, 2.05) is 25.1 Å². The van der Waals surface area contributed by atoms with Crippen molar-refractivity contribution in [1.29, 1.82) is 0 Å². The van der Waals surface area contributed by atoms with Gasteiger partial charge in [-0.2, -0.15) is 0 Å². The first-order chi connectivity index (χ1) is 5.75. The van der Waals surface area contributed by atoms with Crippen LogP contribution in [0.4, 0.5) is 0 Å². The Morgan fingerprint density at radius 1 is 1.42 bits per heavy atom. The van der Waals surface area contributed by atoms with Crippen molar-refractivity contribution in [3.8, 4) is 0 Å². The van der Waals surface area contributed by atoms with Crippen LogP contribution < -0.4 is 4.46 Å². The summed E-state index contributed by atoms with van der Waals surface area (Å²) in [6.45, 7) is 4.00. The molecule has 0 unspecified atom stereocenters. The molecule has 0 radical (unpaired) electrons. The monoisotopic (exact) mass is 230 g/mol. The Bertz CT molecular complexity index is 245. The SMILES string of the molecule is CC[Se]c1ccccc1[C@@H](C)O. The zero-order chi connectivity index (χ0) is 8.97. The third-order valence-electron chi connectivity index (χ3n) is 1.67. The van der Waals surface area contributed by atoms with Crippen molar-refractivity contribution in [3.05, 3.63) is 29.8 Å². The van der Waals surface area contributed by atoms with Crippen molar-refractivity contribution in [2.75, 3.05) is 0 Å². The summed E-state index contributed by atoms with van der Waals surface area (Å²) in [6, 6.07) is 8.15. The second kappa shape index (κ2) is 4.66. The predicted octanol–water partition coefficient (Wildman–Crippen LogP) is 1.51. The second-order valence-corrected chi connectivity index (χ2v) is 5.39. The number of aliphatic hydroxyl groups is 1. The van der Waals surface area contributed by atoms with E-state index in [1.54, 1.807) is 0 Å². The molecule has 1 nitrogen and oxygen atoms in total. The van der Waals surface area contributed by atoms with Crippen LogP contribution in [0, 0.1) is 0 Å². The fraction of sp³-hybridized carbons (Fsp3) is 0.400. The van der Waals surface area contributed by atoms with E-state index in [9.17, 15) is 5.11 Å². The van der Waals surface area contributed by atoms with Gasteiger partial charge in [-0.05, 0) is 0 Å². The van der Waals surface area contributed by atoms with Crippen molar-refractivity contribution in [2.45, 2.75) is 25.3 Å². The van der Waals surface area contributed by atoms with Crippen molar-refractivity contribution >= 4 is 19.4 Å². The molecule has 0 fully saturated rings. The molecule has 0 aromatic heterocycles. The molecule has 1 N–H and O–H groups in total. The number of hydrogen-bond acceptors (Lipinski definition) is 1. The first-order valence-corrected chi connectivity index (χ1v) is 6.22. The van der Waals surface area contributed by atoms with Gasteiger partial charge in [0.05, 0.1) is 0 Å². The third-order valence-corrected chi connectivity index (χ3v) is 3.71. The van der Waals surface area contributed by atoms with Gasteiger partial charge in [0.2, 0.25) is 0 Å². The minimum absolute atomic E-state index is 0.324. The summed E-state index contributed by atoms with van der Waals surface area (Å²) in [5, 5.41) is 10.6. The van der Waals surface area contributed by atoms with Gasteiger partial charge in [-0.15, -0.1) is 0 Å². The van der Waals surface area contributed by atoms with E-state index in [0.29, 0.717) is 15.0 Å². The maximum absolute atomic E-state index is 9.44. The molecule has 0 amide bonds. The number of benzene rings is 1. The second-order valence-electron chi connectivity index (χ2n) is 2.65.